The normalized spacial score (nSPS) is 15.4. The Morgan fingerprint density at radius 1 is 1.09 bits per heavy atom. The Morgan fingerprint density at radius 2 is 1.72 bits per heavy atom. The van der Waals surface area contributed by atoms with Crippen molar-refractivity contribution >= 4 is 28.9 Å². The van der Waals surface area contributed by atoms with Gasteiger partial charge in [-0.15, -0.1) is 13.2 Å². The second-order valence-corrected chi connectivity index (χ2v) is 7.62. The number of carbonyl (C=O) groups is 1. The van der Waals surface area contributed by atoms with Crippen molar-refractivity contribution in [1.82, 2.24) is 9.80 Å². The van der Waals surface area contributed by atoms with Gasteiger partial charge in [-0.2, -0.15) is 0 Å². The number of nitro groups is 1. The molecule has 1 saturated heterocycles. The molecule has 3 rings (SSSR count). The SMILES string of the molecule is O=C(CN1CCN(Cc2ccc(OC(F)(F)F)cc2)CC1)Nc1ccc([N+](=O)[O-])cc1Cl. The maximum Gasteiger partial charge on any atom is 0.573 e. The Morgan fingerprint density at radius 3 is 2.28 bits per heavy atom. The summed E-state index contributed by atoms with van der Waals surface area (Å²) < 4.78 is 40.6. The van der Waals surface area contributed by atoms with Crippen LogP contribution in [0, 0.1) is 10.1 Å². The number of carbonyl (C=O) groups excluding carboxylic acids is 1. The van der Waals surface area contributed by atoms with E-state index in [2.05, 4.69) is 15.0 Å². The zero-order valence-corrected chi connectivity index (χ0v) is 17.5. The number of hydrogen-bond donors (Lipinski definition) is 1. The highest BCUT2D eigenvalue weighted by molar-refractivity contribution is 6.34. The first-order valence-electron chi connectivity index (χ1n) is 9.62. The molecule has 1 amide bonds. The summed E-state index contributed by atoms with van der Waals surface area (Å²) in [5, 5.41) is 13.5. The van der Waals surface area contributed by atoms with Crippen molar-refractivity contribution in [2.24, 2.45) is 0 Å². The Bertz CT molecular complexity index is 964. The van der Waals surface area contributed by atoms with E-state index in [1.54, 1.807) is 12.1 Å². The van der Waals surface area contributed by atoms with Gasteiger partial charge < -0.3 is 10.1 Å². The Hall–Kier alpha value is -2.89. The molecular formula is C20H20ClF3N4O4. The number of halogens is 4. The minimum absolute atomic E-state index is 0.0871. The number of piperazine rings is 1. The number of amides is 1. The maximum absolute atomic E-state index is 12.3. The number of nitro benzene ring substituents is 1. The molecule has 1 N–H and O–H groups in total. The van der Waals surface area contributed by atoms with Crippen LogP contribution in [-0.2, 0) is 11.3 Å². The van der Waals surface area contributed by atoms with Crippen molar-refractivity contribution in [1.29, 1.82) is 0 Å². The minimum atomic E-state index is -4.71. The van der Waals surface area contributed by atoms with Gasteiger partial charge >= 0.3 is 6.36 Å². The lowest BCUT2D eigenvalue weighted by Crippen LogP contribution is -2.48. The average molecular weight is 473 g/mol. The van der Waals surface area contributed by atoms with Gasteiger partial charge in [-0.3, -0.25) is 24.7 Å². The molecule has 2 aromatic rings. The highest BCUT2D eigenvalue weighted by Gasteiger charge is 2.31. The molecule has 1 aliphatic rings. The van der Waals surface area contributed by atoms with Crippen LogP contribution in [0.25, 0.3) is 0 Å². The lowest BCUT2D eigenvalue weighted by atomic mass is 10.2. The summed E-state index contributed by atoms with van der Waals surface area (Å²) in [4.78, 5) is 26.6. The number of alkyl halides is 3. The first kappa shape index (κ1) is 23.8. The van der Waals surface area contributed by atoms with Crippen molar-refractivity contribution in [3.05, 3.63) is 63.2 Å². The van der Waals surface area contributed by atoms with E-state index in [4.69, 9.17) is 11.6 Å². The summed E-state index contributed by atoms with van der Waals surface area (Å²) in [5.41, 5.74) is 1.00. The zero-order chi connectivity index (χ0) is 23.3. The third kappa shape index (κ3) is 7.08. The lowest BCUT2D eigenvalue weighted by molar-refractivity contribution is -0.384. The molecule has 0 atom stereocenters. The van der Waals surface area contributed by atoms with Gasteiger partial charge in [0.1, 0.15) is 5.75 Å². The molecule has 12 heteroatoms. The highest BCUT2D eigenvalue weighted by Crippen LogP contribution is 2.27. The second-order valence-electron chi connectivity index (χ2n) is 7.21. The molecule has 0 unspecified atom stereocenters. The molecular weight excluding hydrogens is 453 g/mol. The molecule has 8 nitrogen and oxygen atoms in total. The minimum Gasteiger partial charge on any atom is -0.406 e. The largest absolute Gasteiger partial charge is 0.573 e. The van der Waals surface area contributed by atoms with E-state index in [0.29, 0.717) is 38.4 Å². The van der Waals surface area contributed by atoms with E-state index in [-0.39, 0.29) is 28.9 Å². The fourth-order valence-electron chi connectivity index (χ4n) is 3.27. The quantitative estimate of drug-likeness (QED) is 0.485. The van der Waals surface area contributed by atoms with E-state index in [1.165, 1.54) is 30.3 Å². The molecule has 32 heavy (non-hydrogen) atoms. The van der Waals surface area contributed by atoms with E-state index in [0.717, 1.165) is 5.56 Å². The van der Waals surface area contributed by atoms with Gasteiger partial charge in [0.25, 0.3) is 5.69 Å². The van der Waals surface area contributed by atoms with Crippen molar-refractivity contribution in [2.75, 3.05) is 38.0 Å². The maximum atomic E-state index is 12.3. The number of anilines is 1. The standard InChI is InChI=1S/C20H20ClF3N4O4/c21-17-11-15(28(30)31)3-6-18(17)25-19(29)13-27-9-7-26(8-10-27)12-14-1-4-16(5-2-14)32-20(22,23)24/h1-6,11H,7-10,12-13H2,(H,25,29). The van der Waals surface area contributed by atoms with Crippen LogP contribution in [0.3, 0.4) is 0 Å². The summed E-state index contributed by atoms with van der Waals surface area (Å²) in [6.07, 6.45) is -4.71. The van der Waals surface area contributed by atoms with Crippen LogP contribution in [0.4, 0.5) is 24.5 Å². The first-order chi connectivity index (χ1) is 15.1. The predicted molar refractivity (Wildman–Crippen MR) is 112 cm³/mol. The number of non-ortho nitro benzene ring substituents is 1. The van der Waals surface area contributed by atoms with Gasteiger partial charge in [-0.25, -0.2) is 0 Å². The molecule has 0 saturated carbocycles. The summed E-state index contributed by atoms with van der Waals surface area (Å²) in [5.74, 6) is -0.542. The van der Waals surface area contributed by atoms with Crippen LogP contribution in [0.15, 0.2) is 42.5 Å². The topological polar surface area (TPSA) is 88.0 Å². The van der Waals surface area contributed by atoms with Crippen LogP contribution in [0.5, 0.6) is 5.75 Å². The number of nitrogens with one attached hydrogen (secondary N) is 1. The van der Waals surface area contributed by atoms with Crippen molar-refractivity contribution in [3.63, 3.8) is 0 Å². The van der Waals surface area contributed by atoms with Crippen molar-refractivity contribution in [2.45, 2.75) is 12.9 Å². The molecule has 0 spiro atoms. The highest BCUT2D eigenvalue weighted by atomic mass is 35.5. The molecule has 1 fully saturated rings. The van der Waals surface area contributed by atoms with Crippen molar-refractivity contribution in [3.8, 4) is 5.75 Å². The second kappa shape index (κ2) is 10.2. The molecule has 2 aromatic carbocycles. The van der Waals surface area contributed by atoms with Crippen molar-refractivity contribution < 1.29 is 27.6 Å². The van der Waals surface area contributed by atoms with E-state index < -0.39 is 11.3 Å². The van der Waals surface area contributed by atoms with E-state index in [1.807, 2.05) is 4.90 Å². The van der Waals surface area contributed by atoms with E-state index in [9.17, 15) is 28.1 Å². The summed E-state index contributed by atoms with van der Waals surface area (Å²) in [6, 6.07) is 9.59. The molecule has 1 heterocycles. The summed E-state index contributed by atoms with van der Waals surface area (Å²) >= 11 is 5.99. The van der Waals surface area contributed by atoms with Gasteiger partial charge in [0.2, 0.25) is 5.91 Å². The Kier molecular flexibility index (Phi) is 7.54. The van der Waals surface area contributed by atoms with Crippen LogP contribution in [0.2, 0.25) is 5.02 Å². The number of benzene rings is 2. The third-order valence-electron chi connectivity index (χ3n) is 4.83. The van der Waals surface area contributed by atoms with Crippen LogP contribution in [-0.4, -0.2) is 59.7 Å². The zero-order valence-electron chi connectivity index (χ0n) is 16.8. The Labute approximate surface area is 186 Å². The van der Waals surface area contributed by atoms with Gasteiger partial charge in [0.15, 0.2) is 0 Å². The molecule has 0 radical (unpaired) electrons. The van der Waals surface area contributed by atoms with Gasteiger partial charge in [-0.05, 0) is 23.8 Å². The van der Waals surface area contributed by atoms with Gasteiger partial charge in [0, 0.05) is 44.9 Å². The molecule has 0 aromatic heterocycles. The molecule has 172 valence electrons. The molecule has 0 bridgehead atoms. The fraction of sp³-hybridized carbons (Fsp3) is 0.350. The third-order valence-corrected chi connectivity index (χ3v) is 5.15. The van der Waals surface area contributed by atoms with Crippen LogP contribution >= 0.6 is 11.6 Å². The summed E-state index contributed by atoms with van der Waals surface area (Å²) in [6.45, 7) is 3.36. The van der Waals surface area contributed by atoms with Gasteiger partial charge in [-0.1, -0.05) is 23.7 Å². The number of hydrogen-bond acceptors (Lipinski definition) is 6. The fourth-order valence-corrected chi connectivity index (χ4v) is 3.49. The predicted octanol–water partition coefficient (Wildman–Crippen LogP) is 3.90. The first-order valence-corrected chi connectivity index (χ1v) is 10.00. The van der Waals surface area contributed by atoms with E-state index >= 15 is 0 Å². The average Bonchev–Trinajstić information content (AvgIpc) is 2.71. The lowest BCUT2D eigenvalue weighted by Gasteiger charge is -2.34. The monoisotopic (exact) mass is 472 g/mol. The number of rotatable bonds is 7. The number of ether oxygens (including phenoxy) is 1. The smallest absolute Gasteiger partial charge is 0.406 e. The Balaban J connectivity index is 1.43. The molecule has 0 aliphatic carbocycles. The van der Waals surface area contributed by atoms with Crippen LogP contribution < -0.4 is 10.1 Å². The van der Waals surface area contributed by atoms with Crippen LogP contribution in [0.1, 0.15) is 5.56 Å². The number of nitrogens with zero attached hydrogens (tertiary/aromatic N) is 3. The molecule has 1 aliphatic heterocycles. The van der Waals surface area contributed by atoms with Gasteiger partial charge in [0.05, 0.1) is 22.2 Å². The summed E-state index contributed by atoms with van der Waals surface area (Å²) in [7, 11) is 0.